The molecule has 1 aromatic carbocycles. The Morgan fingerprint density at radius 3 is 2.74 bits per heavy atom. The SMILES string of the molecule is CCOC1CC(O)C12CCN(CCc1c(F)cccc1Cl)CC2. The molecule has 1 saturated carbocycles. The van der Waals surface area contributed by atoms with E-state index < -0.39 is 0 Å². The van der Waals surface area contributed by atoms with Gasteiger partial charge in [-0.2, -0.15) is 0 Å². The molecule has 128 valence electrons. The Balaban J connectivity index is 1.54. The highest BCUT2D eigenvalue weighted by atomic mass is 35.5. The highest BCUT2D eigenvalue weighted by molar-refractivity contribution is 6.31. The molecule has 2 aliphatic rings. The normalized spacial score (nSPS) is 27.1. The lowest BCUT2D eigenvalue weighted by Gasteiger charge is -2.56. The van der Waals surface area contributed by atoms with Gasteiger partial charge in [-0.3, -0.25) is 0 Å². The fourth-order valence-corrected chi connectivity index (χ4v) is 4.31. The number of likely N-dealkylation sites (tertiary alicyclic amines) is 1. The summed E-state index contributed by atoms with van der Waals surface area (Å²) in [6.45, 7) is 5.35. The monoisotopic (exact) mass is 341 g/mol. The molecule has 3 rings (SSSR count). The molecule has 0 amide bonds. The molecule has 1 heterocycles. The van der Waals surface area contributed by atoms with Crippen molar-refractivity contribution in [3.8, 4) is 0 Å². The maximum Gasteiger partial charge on any atom is 0.127 e. The van der Waals surface area contributed by atoms with Crippen LogP contribution in [0.4, 0.5) is 4.39 Å². The van der Waals surface area contributed by atoms with E-state index in [4.69, 9.17) is 16.3 Å². The van der Waals surface area contributed by atoms with Gasteiger partial charge in [0.25, 0.3) is 0 Å². The molecular weight excluding hydrogens is 317 g/mol. The number of piperidine rings is 1. The summed E-state index contributed by atoms with van der Waals surface area (Å²) in [4.78, 5) is 2.34. The molecule has 2 fully saturated rings. The number of rotatable bonds is 5. The number of ether oxygens (including phenoxy) is 1. The smallest absolute Gasteiger partial charge is 0.127 e. The second-order valence-electron chi connectivity index (χ2n) is 6.72. The average Bonchev–Trinajstić information content (AvgIpc) is 2.55. The fraction of sp³-hybridized carbons (Fsp3) is 0.667. The summed E-state index contributed by atoms with van der Waals surface area (Å²) in [5.74, 6) is -0.225. The van der Waals surface area contributed by atoms with Crippen LogP contribution in [-0.2, 0) is 11.2 Å². The summed E-state index contributed by atoms with van der Waals surface area (Å²) in [6, 6.07) is 4.84. The van der Waals surface area contributed by atoms with Crippen molar-refractivity contribution < 1.29 is 14.2 Å². The quantitative estimate of drug-likeness (QED) is 0.892. The first-order valence-corrected chi connectivity index (χ1v) is 8.89. The summed E-state index contributed by atoms with van der Waals surface area (Å²) in [7, 11) is 0. The lowest BCUT2D eigenvalue weighted by Crippen LogP contribution is -2.62. The predicted octanol–water partition coefficient (Wildman–Crippen LogP) is 3.27. The Kier molecular flexibility index (Phi) is 5.26. The second-order valence-corrected chi connectivity index (χ2v) is 7.13. The highest BCUT2D eigenvalue weighted by Gasteiger charge is 2.55. The summed E-state index contributed by atoms with van der Waals surface area (Å²) < 4.78 is 19.6. The molecule has 3 nitrogen and oxygen atoms in total. The predicted molar refractivity (Wildman–Crippen MR) is 89.3 cm³/mol. The van der Waals surface area contributed by atoms with Crippen LogP contribution in [0.1, 0.15) is 31.7 Å². The Morgan fingerprint density at radius 2 is 2.13 bits per heavy atom. The standard InChI is InChI=1S/C18H25ClFNO2/c1-2-23-17-12-16(22)18(17)7-10-21(11-8-18)9-6-13-14(19)4-3-5-15(13)20/h3-5,16-17,22H,2,6-12H2,1H3. The molecule has 2 atom stereocenters. The molecule has 23 heavy (non-hydrogen) atoms. The number of nitrogens with zero attached hydrogens (tertiary/aromatic N) is 1. The van der Waals surface area contributed by atoms with E-state index >= 15 is 0 Å². The first-order chi connectivity index (χ1) is 11.1. The Bertz CT molecular complexity index is 524. The molecule has 1 spiro atoms. The van der Waals surface area contributed by atoms with Crippen LogP contribution in [-0.4, -0.2) is 48.5 Å². The van der Waals surface area contributed by atoms with Crippen LogP contribution >= 0.6 is 11.6 Å². The van der Waals surface area contributed by atoms with Gasteiger partial charge in [0.1, 0.15) is 5.82 Å². The van der Waals surface area contributed by atoms with Crippen LogP contribution in [0.2, 0.25) is 5.02 Å². The summed E-state index contributed by atoms with van der Waals surface area (Å²) in [6.07, 6.45) is 3.25. The maximum atomic E-state index is 13.8. The number of hydrogen-bond acceptors (Lipinski definition) is 3. The van der Waals surface area contributed by atoms with E-state index in [0.717, 1.165) is 38.9 Å². The van der Waals surface area contributed by atoms with Crippen LogP contribution in [0.15, 0.2) is 18.2 Å². The average molecular weight is 342 g/mol. The van der Waals surface area contributed by atoms with E-state index in [0.29, 0.717) is 23.6 Å². The van der Waals surface area contributed by atoms with Crippen LogP contribution in [0.5, 0.6) is 0 Å². The van der Waals surface area contributed by atoms with Crippen molar-refractivity contribution in [2.75, 3.05) is 26.2 Å². The lowest BCUT2D eigenvalue weighted by molar-refractivity contribution is -0.209. The molecule has 1 aliphatic carbocycles. The number of halogens is 2. The van der Waals surface area contributed by atoms with E-state index in [2.05, 4.69) is 4.90 Å². The van der Waals surface area contributed by atoms with Gasteiger partial charge in [0.2, 0.25) is 0 Å². The minimum Gasteiger partial charge on any atom is -0.392 e. The van der Waals surface area contributed by atoms with Crippen molar-refractivity contribution in [1.82, 2.24) is 4.90 Å². The van der Waals surface area contributed by atoms with E-state index in [1.807, 2.05) is 6.92 Å². The summed E-state index contributed by atoms with van der Waals surface area (Å²) in [5.41, 5.74) is 0.549. The van der Waals surface area contributed by atoms with Gasteiger partial charge in [-0.05, 0) is 51.4 Å². The zero-order valence-electron chi connectivity index (χ0n) is 13.6. The topological polar surface area (TPSA) is 32.7 Å². The zero-order chi connectivity index (χ0) is 16.4. The summed E-state index contributed by atoms with van der Waals surface area (Å²) in [5, 5.41) is 10.7. The van der Waals surface area contributed by atoms with Crippen molar-refractivity contribution in [3.63, 3.8) is 0 Å². The van der Waals surface area contributed by atoms with E-state index in [-0.39, 0.29) is 23.4 Å². The van der Waals surface area contributed by atoms with Gasteiger partial charge in [0.05, 0.1) is 12.2 Å². The largest absolute Gasteiger partial charge is 0.392 e. The summed E-state index contributed by atoms with van der Waals surface area (Å²) >= 11 is 6.09. The number of aliphatic hydroxyl groups is 1. The lowest BCUT2D eigenvalue weighted by atomic mass is 9.58. The van der Waals surface area contributed by atoms with Gasteiger partial charge >= 0.3 is 0 Å². The molecule has 0 aromatic heterocycles. The molecule has 0 bridgehead atoms. The third kappa shape index (κ3) is 3.27. The number of aliphatic hydroxyl groups excluding tert-OH is 1. The Hall–Kier alpha value is -0.680. The van der Waals surface area contributed by atoms with Crippen LogP contribution < -0.4 is 0 Å². The van der Waals surface area contributed by atoms with Crippen LogP contribution in [0.3, 0.4) is 0 Å². The van der Waals surface area contributed by atoms with Gasteiger partial charge in [-0.25, -0.2) is 4.39 Å². The van der Waals surface area contributed by atoms with E-state index in [9.17, 15) is 9.50 Å². The van der Waals surface area contributed by atoms with Crippen LogP contribution in [0.25, 0.3) is 0 Å². The fourth-order valence-electron chi connectivity index (χ4n) is 4.05. The molecule has 1 aliphatic heterocycles. The molecule has 2 unspecified atom stereocenters. The molecule has 1 aromatic rings. The first-order valence-electron chi connectivity index (χ1n) is 8.51. The molecule has 5 heteroatoms. The van der Waals surface area contributed by atoms with Crippen molar-refractivity contribution in [3.05, 3.63) is 34.6 Å². The van der Waals surface area contributed by atoms with Crippen molar-refractivity contribution in [2.24, 2.45) is 5.41 Å². The second kappa shape index (κ2) is 7.06. The van der Waals surface area contributed by atoms with Gasteiger partial charge in [-0.1, -0.05) is 17.7 Å². The molecule has 1 saturated heterocycles. The molecule has 0 radical (unpaired) electrons. The number of benzene rings is 1. The number of hydrogen-bond donors (Lipinski definition) is 1. The van der Waals surface area contributed by atoms with Crippen molar-refractivity contribution in [2.45, 2.75) is 44.8 Å². The molecular formula is C18H25ClFNO2. The third-order valence-corrected chi connectivity index (χ3v) is 5.99. The molecule has 1 N–H and O–H groups in total. The third-order valence-electron chi connectivity index (χ3n) is 5.64. The van der Waals surface area contributed by atoms with Crippen LogP contribution in [0, 0.1) is 11.2 Å². The Morgan fingerprint density at radius 1 is 1.39 bits per heavy atom. The Labute approximate surface area is 142 Å². The highest BCUT2D eigenvalue weighted by Crippen LogP contribution is 2.50. The van der Waals surface area contributed by atoms with Crippen molar-refractivity contribution in [1.29, 1.82) is 0 Å². The van der Waals surface area contributed by atoms with Gasteiger partial charge in [0.15, 0.2) is 0 Å². The van der Waals surface area contributed by atoms with Gasteiger partial charge < -0.3 is 14.7 Å². The minimum absolute atomic E-state index is 0.0534. The first kappa shape index (κ1) is 17.2. The minimum atomic E-state index is -0.234. The van der Waals surface area contributed by atoms with Gasteiger partial charge in [-0.15, -0.1) is 0 Å². The van der Waals surface area contributed by atoms with E-state index in [1.165, 1.54) is 6.07 Å². The maximum absolute atomic E-state index is 13.8. The van der Waals surface area contributed by atoms with E-state index in [1.54, 1.807) is 12.1 Å². The zero-order valence-corrected chi connectivity index (χ0v) is 14.4. The van der Waals surface area contributed by atoms with Gasteiger partial charge in [0, 0.05) is 35.6 Å². The van der Waals surface area contributed by atoms with Crippen molar-refractivity contribution >= 4 is 11.6 Å².